The summed E-state index contributed by atoms with van der Waals surface area (Å²) < 4.78 is 28.4. The third-order valence-corrected chi connectivity index (χ3v) is 5.89. The largest absolute Gasteiger partial charge is 0.376 e. The number of hydrogen-bond acceptors (Lipinski definition) is 6. The Balaban J connectivity index is 1.56. The first kappa shape index (κ1) is 16.2. The van der Waals surface area contributed by atoms with Crippen molar-refractivity contribution in [2.24, 2.45) is 0 Å². The molecule has 2 aliphatic rings. The van der Waals surface area contributed by atoms with E-state index in [1.54, 1.807) is 18.3 Å². The third-order valence-electron chi connectivity index (χ3n) is 4.12. The number of pyridine rings is 1. The number of amides is 1. The van der Waals surface area contributed by atoms with Gasteiger partial charge in [0.05, 0.1) is 17.6 Å². The van der Waals surface area contributed by atoms with Gasteiger partial charge in [0.25, 0.3) is 5.91 Å². The topological polar surface area (TPSA) is 97.4 Å². The normalized spacial score (nSPS) is 26.1. The van der Waals surface area contributed by atoms with Crippen LogP contribution in [0.1, 0.15) is 29.6 Å². The number of sulfone groups is 1. The fourth-order valence-corrected chi connectivity index (χ4v) is 4.54. The molecular formula is C15H21N3O4S. The van der Waals surface area contributed by atoms with E-state index in [1.807, 2.05) is 0 Å². The summed E-state index contributed by atoms with van der Waals surface area (Å²) in [6.45, 7) is 1.46. The molecule has 2 atom stereocenters. The van der Waals surface area contributed by atoms with Crippen molar-refractivity contribution in [2.75, 3.05) is 30.0 Å². The number of carbonyl (C=O) groups is 1. The molecule has 7 nitrogen and oxygen atoms in total. The maximum atomic E-state index is 12.2. The zero-order chi connectivity index (χ0) is 16.3. The lowest BCUT2D eigenvalue weighted by molar-refractivity contribution is 0.0941. The van der Waals surface area contributed by atoms with Gasteiger partial charge in [0, 0.05) is 31.0 Å². The van der Waals surface area contributed by atoms with Crippen LogP contribution >= 0.6 is 0 Å². The highest BCUT2D eigenvalue weighted by Gasteiger charge is 2.29. The van der Waals surface area contributed by atoms with Gasteiger partial charge in [0.15, 0.2) is 9.84 Å². The van der Waals surface area contributed by atoms with Crippen LogP contribution in [0.25, 0.3) is 0 Å². The van der Waals surface area contributed by atoms with Gasteiger partial charge in [-0.3, -0.25) is 4.79 Å². The van der Waals surface area contributed by atoms with Crippen LogP contribution in [-0.4, -0.2) is 56.1 Å². The Morgan fingerprint density at radius 1 is 1.39 bits per heavy atom. The molecule has 0 saturated carbocycles. The SMILES string of the molecule is O=C(NC1CCS(=O)(=O)C1)c1ccnc(NCC2CCCO2)c1. The van der Waals surface area contributed by atoms with Gasteiger partial charge < -0.3 is 15.4 Å². The summed E-state index contributed by atoms with van der Waals surface area (Å²) in [6, 6.07) is 2.99. The standard InChI is InChI=1S/C15H21N3O4S/c19-15(18-12-4-7-23(20,21)10-12)11-3-5-16-14(8-11)17-9-13-2-1-6-22-13/h3,5,8,12-13H,1-2,4,6-7,9-10H2,(H,16,17)(H,18,19). The molecular weight excluding hydrogens is 318 g/mol. The fourth-order valence-electron chi connectivity index (χ4n) is 2.87. The zero-order valence-corrected chi connectivity index (χ0v) is 13.6. The molecule has 2 unspecified atom stereocenters. The van der Waals surface area contributed by atoms with Crippen LogP contribution < -0.4 is 10.6 Å². The van der Waals surface area contributed by atoms with E-state index in [4.69, 9.17) is 4.74 Å². The number of nitrogens with one attached hydrogen (secondary N) is 2. The highest BCUT2D eigenvalue weighted by Crippen LogP contribution is 2.15. The summed E-state index contributed by atoms with van der Waals surface area (Å²) >= 11 is 0. The molecule has 1 amide bonds. The Morgan fingerprint density at radius 3 is 2.96 bits per heavy atom. The van der Waals surface area contributed by atoms with Crippen LogP contribution in [0.4, 0.5) is 5.82 Å². The van der Waals surface area contributed by atoms with Crippen LogP contribution in [-0.2, 0) is 14.6 Å². The maximum Gasteiger partial charge on any atom is 0.251 e. The quantitative estimate of drug-likeness (QED) is 0.815. The summed E-state index contributed by atoms with van der Waals surface area (Å²) in [5, 5.41) is 5.95. The third kappa shape index (κ3) is 4.42. The number of nitrogens with zero attached hydrogens (tertiary/aromatic N) is 1. The van der Waals surface area contributed by atoms with Crippen LogP contribution in [0.5, 0.6) is 0 Å². The van der Waals surface area contributed by atoms with Crippen molar-refractivity contribution in [1.82, 2.24) is 10.3 Å². The Kier molecular flexibility index (Phi) is 4.82. The van der Waals surface area contributed by atoms with E-state index in [0.29, 0.717) is 24.3 Å². The first-order valence-corrected chi connectivity index (χ1v) is 9.67. The minimum absolute atomic E-state index is 0.0218. The number of aromatic nitrogens is 1. The van der Waals surface area contributed by atoms with E-state index in [1.165, 1.54) is 0 Å². The number of ether oxygens (including phenoxy) is 1. The van der Waals surface area contributed by atoms with Crippen molar-refractivity contribution in [1.29, 1.82) is 0 Å². The fraction of sp³-hybridized carbons (Fsp3) is 0.600. The number of rotatable bonds is 5. The molecule has 0 bridgehead atoms. The van der Waals surface area contributed by atoms with Crippen molar-refractivity contribution in [3.8, 4) is 0 Å². The van der Waals surface area contributed by atoms with Crippen LogP contribution in [0, 0.1) is 0 Å². The van der Waals surface area contributed by atoms with Crippen LogP contribution in [0.15, 0.2) is 18.3 Å². The van der Waals surface area contributed by atoms with Crippen molar-refractivity contribution < 1.29 is 17.9 Å². The average molecular weight is 339 g/mol. The predicted molar refractivity (Wildman–Crippen MR) is 86.2 cm³/mol. The molecule has 2 aliphatic heterocycles. The molecule has 0 spiro atoms. The highest BCUT2D eigenvalue weighted by molar-refractivity contribution is 7.91. The summed E-state index contributed by atoms with van der Waals surface area (Å²) in [5.41, 5.74) is 0.471. The first-order valence-electron chi connectivity index (χ1n) is 7.85. The van der Waals surface area contributed by atoms with Gasteiger partial charge in [-0.1, -0.05) is 0 Å². The second kappa shape index (κ2) is 6.84. The monoisotopic (exact) mass is 339 g/mol. The Bertz CT molecular complexity index is 671. The van der Waals surface area contributed by atoms with Crippen molar-refractivity contribution >= 4 is 21.6 Å². The molecule has 0 aromatic carbocycles. The van der Waals surface area contributed by atoms with Crippen molar-refractivity contribution in [3.05, 3.63) is 23.9 Å². The van der Waals surface area contributed by atoms with E-state index in [-0.39, 0.29) is 29.6 Å². The van der Waals surface area contributed by atoms with Gasteiger partial charge >= 0.3 is 0 Å². The van der Waals surface area contributed by atoms with Gasteiger partial charge in [-0.2, -0.15) is 0 Å². The number of carbonyl (C=O) groups excluding carboxylic acids is 1. The predicted octanol–water partition coefficient (Wildman–Crippen LogP) is 0.589. The lowest BCUT2D eigenvalue weighted by Crippen LogP contribution is -2.35. The molecule has 3 heterocycles. The lowest BCUT2D eigenvalue weighted by Gasteiger charge is -2.13. The average Bonchev–Trinajstić information content (AvgIpc) is 3.15. The van der Waals surface area contributed by atoms with E-state index in [9.17, 15) is 13.2 Å². The highest BCUT2D eigenvalue weighted by atomic mass is 32.2. The molecule has 0 radical (unpaired) electrons. The molecule has 2 N–H and O–H groups in total. The minimum atomic E-state index is -3.00. The molecule has 2 fully saturated rings. The Labute approximate surface area is 135 Å². The van der Waals surface area contributed by atoms with Gasteiger partial charge in [0.1, 0.15) is 5.82 Å². The maximum absolute atomic E-state index is 12.2. The molecule has 3 rings (SSSR count). The molecule has 0 aliphatic carbocycles. The van der Waals surface area contributed by atoms with Gasteiger partial charge in [-0.25, -0.2) is 13.4 Å². The van der Waals surface area contributed by atoms with E-state index >= 15 is 0 Å². The van der Waals surface area contributed by atoms with Crippen molar-refractivity contribution in [2.45, 2.75) is 31.4 Å². The van der Waals surface area contributed by atoms with Crippen LogP contribution in [0.3, 0.4) is 0 Å². The Morgan fingerprint density at radius 2 is 2.26 bits per heavy atom. The molecule has 23 heavy (non-hydrogen) atoms. The summed E-state index contributed by atoms with van der Waals surface area (Å²) in [5.74, 6) is 0.512. The zero-order valence-electron chi connectivity index (χ0n) is 12.8. The van der Waals surface area contributed by atoms with E-state index in [0.717, 1.165) is 19.4 Å². The number of anilines is 1. The minimum Gasteiger partial charge on any atom is -0.376 e. The van der Waals surface area contributed by atoms with Crippen LogP contribution in [0.2, 0.25) is 0 Å². The molecule has 2 saturated heterocycles. The summed E-state index contributed by atoms with van der Waals surface area (Å²) in [4.78, 5) is 16.4. The van der Waals surface area contributed by atoms with Gasteiger partial charge in [-0.05, 0) is 31.4 Å². The first-order chi connectivity index (χ1) is 11.0. The second-order valence-corrected chi connectivity index (χ2v) is 8.25. The van der Waals surface area contributed by atoms with E-state index in [2.05, 4.69) is 15.6 Å². The molecule has 8 heteroatoms. The lowest BCUT2D eigenvalue weighted by atomic mass is 10.2. The van der Waals surface area contributed by atoms with Crippen molar-refractivity contribution in [3.63, 3.8) is 0 Å². The smallest absolute Gasteiger partial charge is 0.251 e. The molecule has 126 valence electrons. The van der Waals surface area contributed by atoms with Gasteiger partial charge in [0.2, 0.25) is 0 Å². The second-order valence-electron chi connectivity index (χ2n) is 6.02. The van der Waals surface area contributed by atoms with Gasteiger partial charge in [-0.15, -0.1) is 0 Å². The Hall–Kier alpha value is -1.67. The molecule has 1 aromatic rings. The number of hydrogen-bond donors (Lipinski definition) is 2. The summed E-state index contributed by atoms with van der Waals surface area (Å²) in [6.07, 6.45) is 4.34. The molecule has 1 aromatic heterocycles. The summed E-state index contributed by atoms with van der Waals surface area (Å²) in [7, 11) is -3.00. The van der Waals surface area contributed by atoms with E-state index < -0.39 is 9.84 Å².